The molecule has 188 valence electrons. The van der Waals surface area contributed by atoms with Gasteiger partial charge in [-0.2, -0.15) is 4.39 Å². The number of carbonyl (C=O) groups excluding carboxylic acids is 1. The maximum Gasteiger partial charge on any atom is 0.343 e. The third-order valence-corrected chi connectivity index (χ3v) is 6.18. The van der Waals surface area contributed by atoms with Crippen LogP contribution >= 0.6 is 0 Å². The molecule has 1 N–H and O–H groups in total. The van der Waals surface area contributed by atoms with Crippen LogP contribution in [-0.2, 0) is 4.74 Å². The molecule has 1 aliphatic rings. The molecule has 0 amide bonds. The highest BCUT2D eigenvalue weighted by atomic mass is 19.2. The molecule has 4 aromatic carbocycles. The zero-order chi connectivity index (χ0) is 26.3. The number of hydrogen-bond acceptors (Lipinski definition) is 4. The van der Waals surface area contributed by atoms with E-state index >= 15 is 0 Å². The Balaban J connectivity index is 1.35. The lowest BCUT2D eigenvalue weighted by molar-refractivity contribution is 0.0726. The molecule has 5 rings (SSSR count). The van der Waals surface area contributed by atoms with Crippen molar-refractivity contribution in [2.45, 2.75) is 19.1 Å². The fraction of sp³-hybridized carbons (Fsp3) is 0.138. The molecule has 1 heterocycles. The highest BCUT2D eigenvalue weighted by molar-refractivity contribution is 5.91. The molecule has 0 aliphatic carbocycles. The summed E-state index contributed by atoms with van der Waals surface area (Å²) in [5, 5.41) is 9.63. The average molecular weight is 508 g/mol. The van der Waals surface area contributed by atoms with Crippen molar-refractivity contribution in [1.82, 2.24) is 0 Å². The van der Waals surface area contributed by atoms with Gasteiger partial charge in [-0.15, -0.1) is 0 Å². The summed E-state index contributed by atoms with van der Waals surface area (Å²) in [4.78, 5) is 12.5. The van der Waals surface area contributed by atoms with Crippen molar-refractivity contribution in [1.29, 1.82) is 0 Å². The molecule has 0 aromatic heterocycles. The predicted octanol–water partition coefficient (Wildman–Crippen LogP) is 6.92. The number of rotatable bonds is 6. The second-order valence-electron chi connectivity index (χ2n) is 8.66. The number of aliphatic hydroxyl groups is 1. The second-order valence-corrected chi connectivity index (χ2v) is 8.66. The van der Waals surface area contributed by atoms with Gasteiger partial charge < -0.3 is 14.6 Å². The number of carbonyl (C=O) groups is 1. The fourth-order valence-electron chi connectivity index (χ4n) is 3.98. The van der Waals surface area contributed by atoms with E-state index in [1.54, 1.807) is 31.2 Å². The summed E-state index contributed by atoms with van der Waals surface area (Å²) >= 11 is 0. The van der Waals surface area contributed by atoms with Crippen LogP contribution in [0.1, 0.15) is 40.6 Å². The van der Waals surface area contributed by atoms with Crippen LogP contribution in [0, 0.1) is 23.3 Å². The molecule has 2 atom stereocenters. The van der Waals surface area contributed by atoms with Crippen LogP contribution in [0.25, 0.3) is 22.3 Å². The average Bonchev–Trinajstić information content (AvgIpc) is 3.74. The standard InChI is InChI=1S/C29H20F4O4/c1-15(34)16-2-4-17(5-3-16)20-10-11-21(26(31)25(20)30)18-6-8-19(9-7-18)29(35)37-23-13-12-22(24-14-36-24)27(32)28(23)33/h2-13,15,24,34H,14H2,1H3. The van der Waals surface area contributed by atoms with Gasteiger partial charge in [0.25, 0.3) is 0 Å². The Morgan fingerprint density at radius 2 is 1.35 bits per heavy atom. The van der Waals surface area contributed by atoms with Crippen molar-refractivity contribution in [3.05, 3.63) is 113 Å². The molecular formula is C29H20F4O4. The normalized spacial score (nSPS) is 15.4. The number of hydrogen-bond donors (Lipinski definition) is 1. The van der Waals surface area contributed by atoms with E-state index in [1.807, 2.05) is 0 Å². The predicted molar refractivity (Wildman–Crippen MR) is 128 cm³/mol. The van der Waals surface area contributed by atoms with Crippen LogP contribution in [0.5, 0.6) is 5.75 Å². The maximum absolute atomic E-state index is 15.0. The van der Waals surface area contributed by atoms with E-state index in [1.165, 1.54) is 42.5 Å². The lowest BCUT2D eigenvalue weighted by Gasteiger charge is -2.11. The quantitative estimate of drug-likeness (QED) is 0.133. The summed E-state index contributed by atoms with van der Waals surface area (Å²) in [6.45, 7) is 1.90. The first kappa shape index (κ1) is 24.7. The molecule has 2 unspecified atom stereocenters. The number of ether oxygens (including phenoxy) is 2. The number of benzene rings is 4. The van der Waals surface area contributed by atoms with Crippen molar-refractivity contribution in [2.24, 2.45) is 0 Å². The van der Waals surface area contributed by atoms with Gasteiger partial charge in [-0.25, -0.2) is 18.0 Å². The molecule has 1 fully saturated rings. The van der Waals surface area contributed by atoms with E-state index in [4.69, 9.17) is 9.47 Å². The van der Waals surface area contributed by atoms with Crippen LogP contribution in [-0.4, -0.2) is 17.7 Å². The van der Waals surface area contributed by atoms with Gasteiger partial charge in [-0.1, -0.05) is 48.5 Å². The minimum atomic E-state index is -1.30. The summed E-state index contributed by atoms with van der Waals surface area (Å²) in [5.74, 6) is -6.05. The minimum absolute atomic E-state index is 0.00821. The van der Waals surface area contributed by atoms with E-state index < -0.39 is 47.2 Å². The summed E-state index contributed by atoms with van der Waals surface area (Å²) in [7, 11) is 0. The van der Waals surface area contributed by atoms with Gasteiger partial charge in [0.15, 0.2) is 23.2 Å². The van der Waals surface area contributed by atoms with E-state index in [0.717, 1.165) is 6.07 Å². The Morgan fingerprint density at radius 3 is 1.86 bits per heavy atom. The number of esters is 1. The van der Waals surface area contributed by atoms with Gasteiger partial charge in [0.2, 0.25) is 5.82 Å². The van der Waals surface area contributed by atoms with E-state index in [0.29, 0.717) is 23.3 Å². The highest BCUT2D eigenvalue weighted by Crippen LogP contribution is 2.36. The van der Waals surface area contributed by atoms with Crippen LogP contribution in [0.2, 0.25) is 0 Å². The van der Waals surface area contributed by atoms with Crippen molar-refractivity contribution < 1.29 is 36.9 Å². The molecule has 4 nitrogen and oxygen atoms in total. The first-order valence-corrected chi connectivity index (χ1v) is 11.4. The molecule has 4 aromatic rings. The Kier molecular flexibility index (Phi) is 6.54. The number of halogens is 4. The van der Waals surface area contributed by atoms with Gasteiger partial charge in [0.1, 0.15) is 6.10 Å². The van der Waals surface area contributed by atoms with E-state index in [2.05, 4.69) is 0 Å². The third kappa shape index (κ3) is 4.85. The summed E-state index contributed by atoms with van der Waals surface area (Å²) in [6.07, 6.45) is -1.18. The topological polar surface area (TPSA) is 59.1 Å². The lowest BCUT2D eigenvalue weighted by Crippen LogP contribution is -2.10. The second kappa shape index (κ2) is 9.80. The molecule has 8 heteroatoms. The lowest BCUT2D eigenvalue weighted by atomic mass is 9.97. The number of aliphatic hydroxyl groups excluding tert-OH is 1. The van der Waals surface area contributed by atoms with Crippen molar-refractivity contribution in [2.75, 3.05) is 6.61 Å². The van der Waals surface area contributed by atoms with Crippen molar-refractivity contribution in [3.8, 4) is 28.0 Å². The SMILES string of the molecule is CC(O)c1ccc(-c2ccc(-c3ccc(C(=O)Oc4ccc(C5CO5)c(F)c4F)cc3)c(F)c2F)cc1. The minimum Gasteiger partial charge on any atom is -0.420 e. The maximum atomic E-state index is 15.0. The molecule has 0 saturated carbocycles. The fourth-order valence-corrected chi connectivity index (χ4v) is 3.98. The number of epoxide rings is 1. The highest BCUT2D eigenvalue weighted by Gasteiger charge is 2.31. The summed E-state index contributed by atoms with van der Waals surface area (Å²) in [5.41, 5.74) is 1.51. The van der Waals surface area contributed by atoms with Crippen molar-refractivity contribution in [3.63, 3.8) is 0 Å². The first-order valence-electron chi connectivity index (χ1n) is 11.4. The van der Waals surface area contributed by atoms with Crippen LogP contribution in [0.4, 0.5) is 17.6 Å². The van der Waals surface area contributed by atoms with Gasteiger partial charge >= 0.3 is 5.97 Å². The van der Waals surface area contributed by atoms with Gasteiger partial charge in [0, 0.05) is 16.7 Å². The third-order valence-electron chi connectivity index (χ3n) is 6.18. The largest absolute Gasteiger partial charge is 0.420 e. The molecule has 0 spiro atoms. The molecule has 1 aliphatic heterocycles. The van der Waals surface area contributed by atoms with Gasteiger partial charge in [0.05, 0.1) is 18.3 Å². The Morgan fingerprint density at radius 1 is 0.811 bits per heavy atom. The Bertz CT molecular complexity index is 1480. The van der Waals surface area contributed by atoms with Crippen LogP contribution in [0.3, 0.4) is 0 Å². The Labute approximate surface area is 209 Å². The molecule has 0 bridgehead atoms. The van der Waals surface area contributed by atoms with Crippen LogP contribution in [0.15, 0.2) is 72.8 Å². The van der Waals surface area contributed by atoms with Crippen molar-refractivity contribution >= 4 is 5.97 Å². The van der Waals surface area contributed by atoms with E-state index in [-0.39, 0.29) is 22.3 Å². The van der Waals surface area contributed by atoms with Crippen LogP contribution < -0.4 is 4.74 Å². The molecule has 1 saturated heterocycles. The zero-order valence-electron chi connectivity index (χ0n) is 19.5. The first-order chi connectivity index (χ1) is 17.7. The monoisotopic (exact) mass is 508 g/mol. The zero-order valence-corrected chi connectivity index (χ0v) is 19.5. The molecule has 0 radical (unpaired) electrons. The summed E-state index contributed by atoms with van der Waals surface area (Å²) < 4.78 is 68.3. The van der Waals surface area contributed by atoms with Gasteiger partial charge in [-0.3, -0.25) is 0 Å². The summed E-state index contributed by atoms with van der Waals surface area (Å²) in [6, 6.07) is 17.2. The molecule has 37 heavy (non-hydrogen) atoms. The Hall–Kier alpha value is -4.01. The molecular weight excluding hydrogens is 488 g/mol. The van der Waals surface area contributed by atoms with Gasteiger partial charge in [-0.05, 0) is 47.9 Å². The van der Waals surface area contributed by atoms with E-state index in [9.17, 15) is 27.5 Å². The smallest absolute Gasteiger partial charge is 0.343 e.